The summed E-state index contributed by atoms with van der Waals surface area (Å²) in [6.45, 7) is 5.74. The maximum atomic E-state index is 12.1. The van der Waals surface area contributed by atoms with Crippen LogP contribution in [0.2, 0.25) is 4.47 Å². The molecule has 29 heavy (non-hydrogen) atoms. The van der Waals surface area contributed by atoms with E-state index in [2.05, 4.69) is 10.3 Å². The van der Waals surface area contributed by atoms with Crippen LogP contribution in [0.4, 0.5) is 4.79 Å². The zero-order valence-corrected chi connectivity index (χ0v) is 17.9. The highest BCUT2D eigenvalue weighted by Crippen LogP contribution is 2.26. The topological polar surface area (TPSA) is 93.5 Å². The molecule has 154 valence electrons. The minimum absolute atomic E-state index is 0.130. The van der Waals surface area contributed by atoms with Crippen LogP contribution in [0.25, 0.3) is 10.9 Å². The number of amides is 1. The molecule has 1 atom stereocenters. The molecule has 0 aliphatic rings. The van der Waals surface area contributed by atoms with E-state index in [1.54, 1.807) is 27.0 Å². The largest absolute Gasteiger partial charge is 0.480 e. The van der Waals surface area contributed by atoms with E-state index in [1.165, 1.54) is 11.3 Å². The standard InChI is InChI=1S/C20H22ClN3O4S/c1-20(2,3)28-19(27)23-15(17(25)26)8-12-10-24(11-13-9-22-18(21)29-13)16-7-5-4-6-14(12)16/h4-7,9-10,15H,8,11H2,1-3H3,(H,23,27)(H,25,26). The third-order valence-corrected chi connectivity index (χ3v) is 5.24. The minimum atomic E-state index is -1.12. The lowest BCUT2D eigenvalue weighted by molar-refractivity contribution is -0.139. The average Bonchev–Trinajstić information content (AvgIpc) is 3.17. The SMILES string of the molecule is CC(C)(C)OC(=O)NC(Cc1cn(Cc2cnc(Cl)s2)c2ccccc12)C(=O)O. The van der Waals surface area contributed by atoms with Gasteiger partial charge in [0.1, 0.15) is 11.6 Å². The van der Waals surface area contributed by atoms with Crippen molar-refractivity contribution in [3.05, 3.63) is 51.6 Å². The third kappa shape index (κ3) is 5.48. The number of hydrogen-bond donors (Lipinski definition) is 2. The van der Waals surface area contributed by atoms with Crippen LogP contribution < -0.4 is 5.32 Å². The number of rotatable bonds is 6. The lowest BCUT2D eigenvalue weighted by Crippen LogP contribution is -2.44. The molecule has 3 rings (SSSR count). The normalized spacial score (nSPS) is 12.7. The fourth-order valence-corrected chi connectivity index (χ4v) is 3.99. The Hall–Kier alpha value is -2.58. The summed E-state index contributed by atoms with van der Waals surface area (Å²) in [6.07, 6.45) is 3.01. The molecule has 0 bridgehead atoms. The molecule has 0 saturated heterocycles. The van der Waals surface area contributed by atoms with Crippen LogP contribution in [0.5, 0.6) is 0 Å². The Morgan fingerprint density at radius 2 is 2.07 bits per heavy atom. The number of aromatic nitrogens is 2. The number of carbonyl (C=O) groups excluding carboxylic acids is 1. The predicted molar refractivity (Wildman–Crippen MR) is 113 cm³/mol. The van der Waals surface area contributed by atoms with Gasteiger partial charge in [-0.25, -0.2) is 14.6 Å². The molecule has 3 aromatic rings. The van der Waals surface area contributed by atoms with Crippen LogP contribution in [-0.2, 0) is 22.5 Å². The number of carbonyl (C=O) groups is 2. The van der Waals surface area contributed by atoms with Gasteiger partial charge in [0.25, 0.3) is 0 Å². The van der Waals surface area contributed by atoms with E-state index in [1.807, 2.05) is 35.0 Å². The number of thiazole rings is 1. The van der Waals surface area contributed by atoms with Crippen molar-refractivity contribution in [3.8, 4) is 0 Å². The first-order chi connectivity index (χ1) is 13.6. The molecule has 2 aromatic heterocycles. The van der Waals surface area contributed by atoms with Gasteiger partial charge < -0.3 is 19.7 Å². The summed E-state index contributed by atoms with van der Waals surface area (Å²) in [5.74, 6) is -1.12. The number of nitrogens with zero attached hydrogens (tertiary/aromatic N) is 2. The van der Waals surface area contributed by atoms with Gasteiger partial charge in [0.2, 0.25) is 0 Å². The number of para-hydroxylation sites is 1. The summed E-state index contributed by atoms with van der Waals surface area (Å²) in [6, 6.07) is 6.63. The number of aliphatic carboxylic acids is 1. The summed E-state index contributed by atoms with van der Waals surface area (Å²) < 4.78 is 7.70. The van der Waals surface area contributed by atoms with Crippen molar-refractivity contribution in [2.24, 2.45) is 0 Å². The molecular formula is C20H22ClN3O4S. The Kier molecular flexibility index (Phi) is 6.14. The van der Waals surface area contributed by atoms with Crippen molar-refractivity contribution < 1.29 is 19.4 Å². The Morgan fingerprint density at radius 1 is 1.34 bits per heavy atom. The minimum Gasteiger partial charge on any atom is -0.480 e. The van der Waals surface area contributed by atoms with Crippen LogP contribution in [0.1, 0.15) is 31.2 Å². The van der Waals surface area contributed by atoms with E-state index >= 15 is 0 Å². The fraction of sp³-hybridized carbons (Fsp3) is 0.350. The molecular weight excluding hydrogens is 414 g/mol. The van der Waals surface area contributed by atoms with Crippen LogP contribution in [0.15, 0.2) is 36.7 Å². The van der Waals surface area contributed by atoms with Gasteiger partial charge in [-0.15, -0.1) is 11.3 Å². The number of carboxylic acid groups (broad SMARTS) is 1. The second-order valence-electron chi connectivity index (χ2n) is 7.62. The van der Waals surface area contributed by atoms with Crippen molar-refractivity contribution in [1.82, 2.24) is 14.9 Å². The number of alkyl carbamates (subject to hydrolysis) is 1. The molecule has 1 amide bonds. The molecule has 0 spiro atoms. The lowest BCUT2D eigenvalue weighted by atomic mass is 10.1. The maximum absolute atomic E-state index is 12.1. The van der Waals surface area contributed by atoms with Gasteiger partial charge in [-0.2, -0.15) is 0 Å². The second kappa shape index (κ2) is 8.42. The molecule has 0 radical (unpaired) electrons. The third-order valence-electron chi connectivity index (χ3n) is 4.14. The summed E-state index contributed by atoms with van der Waals surface area (Å²) >= 11 is 7.33. The lowest BCUT2D eigenvalue weighted by Gasteiger charge is -2.22. The number of carboxylic acids is 1. The summed E-state index contributed by atoms with van der Waals surface area (Å²) in [4.78, 5) is 28.9. The number of nitrogens with one attached hydrogen (secondary N) is 1. The molecule has 2 heterocycles. The Labute approximate surface area is 177 Å². The van der Waals surface area contributed by atoms with Gasteiger partial charge in [-0.05, 0) is 32.4 Å². The van der Waals surface area contributed by atoms with Crippen molar-refractivity contribution >= 4 is 45.9 Å². The number of hydrogen-bond acceptors (Lipinski definition) is 5. The molecule has 7 nitrogen and oxygen atoms in total. The van der Waals surface area contributed by atoms with Gasteiger partial charge in [-0.1, -0.05) is 29.8 Å². The highest BCUT2D eigenvalue weighted by atomic mass is 35.5. The summed E-state index contributed by atoms with van der Waals surface area (Å²) in [7, 11) is 0. The Balaban J connectivity index is 1.86. The number of halogens is 1. The average molecular weight is 436 g/mol. The molecule has 0 aliphatic carbocycles. The Morgan fingerprint density at radius 3 is 2.69 bits per heavy atom. The van der Waals surface area contributed by atoms with Gasteiger partial charge in [0.05, 0.1) is 6.54 Å². The number of benzene rings is 1. The van der Waals surface area contributed by atoms with Crippen molar-refractivity contribution in [3.63, 3.8) is 0 Å². The molecule has 1 unspecified atom stereocenters. The van der Waals surface area contributed by atoms with Crippen molar-refractivity contribution in [2.75, 3.05) is 0 Å². The number of fused-ring (bicyclic) bond motifs is 1. The zero-order chi connectivity index (χ0) is 21.2. The van der Waals surface area contributed by atoms with E-state index in [0.29, 0.717) is 11.0 Å². The van der Waals surface area contributed by atoms with Gasteiger partial charge in [-0.3, -0.25) is 0 Å². The van der Waals surface area contributed by atoms with E-state index in [-0.39, 0.29) is 6.42 Å². The first-order valence-electron chi connectivity index (χ1n) is 9.01. The summed E-state index contributed by atoms with van der Waals surface area (Å²) in [5, 5.41) is 13.0. The zero-order valence-electron chi connectivity index (χ0n) is 16.3. The molecule has 0 saturated carbocycles. The first kappa shape index (κ1) is 21.1. The fourth-order valence-electron chi connectivity index (χ4n) is 3.01. The van der Waals surface area contributed by atoms with Gasteiger partial charge in [0, 0.05) is 34.6 Å². The van der Waals surface area contributed by atoms with Crippen LogP contribution >= 0.6 is 22.9 Å². The number of ether oxygens (including phenoxy) is 1. The van der Waals surface area contributed by atoms with Crippen molar-refractivity contribution in [1.29, 1.82) is 0 Å². The monoisotopic (exact) mass is 435 g/mol. The predicted octanol–water partition coefficient (Wildman–Crippen LogP) is 4.32. The van der Waals surface area contributed by atoms with Gasteiger partial charge in [0.15, 0.2) is 4.47 Å². The molecule has 1 aromatic carbocycles. The smallest absolute Gasteiger partial charge is 0.408 e. The van der Waals surface area contributed by atoms with E-state index in [0.717, 1.165) is 21.3 Å². The van der Waals surface area contributed by atoms with Crippen LogP contribution in [-0.4, -0.2) is 38.4 Å². The molecule has 0 fully saturated rings. The second-order valence-corrected chi connectivity index (χ2v) is 9.32. The quantitative estimate of drug-likeness (QED) is 0.601. The molecule has 9 heteroatoms. The first-order valence-corrected chi connectivity index (χ1v) is 10.2. The van der Waals surface area contributed by atoms with Crippen LogP contribution in [0.3, 0.4) is 0 Å². The van der Waals surface area contributed by atoms with E-state index in [9.17, 15) is 14.7 Å². The maximum Gasteiger partial charge on any atom is 0.408 e. The summed E-state index contributed by atoms with van der Waals surface area (Å²) in [5.41, 5.74) is 1.08. The van der Waals surface area contributed by atoms with E-state index in [4.69, 9.17) is 16.3 Å². The highest BCUT2D eigenvalue weighted by Gasteiger charge is 2.25. The van der Waals surface area contributed by atoms with Gasteiger partial charge >= 0.3 is 12.1 Å². The van der Waals surface area contributed by atoms with Crippen molar-refractivity contribution in [2.45, 2.75) is 45.4 Å². The van der Waals surface area contributed by atoms with E-state index < -0.39 is 23.7 Å². The highest BCUT2D eigenvalue weighted by molar-refractivity contribution is 7.15. The molecule has 0 aliphatic heterocycles. The molecule has 2 N–H and O–H groups in total. The van der Waals surface area contributed by atoms with Crippen LogP contribution in [0, 0.1) is 0 Å². The Bertz CT molecular complexity index is 1040.